The highest BCUT2D eigenvalue weighted by Crippen LogP contribution is 2.48. The van der Waals surface area contributed by atoms with Crippen molar-refractivity contribution in [1.82, 2.24) is 4.98 Å². The van der Waals surface area contributed by atoms with Crippen molar-refractivity contribution in [2.75, 3.05) is 0 Å². The average molecular weight is 341 g/mol. The number of nitrogens with zero attached hydrogens (tertiary/aromatic N) is 1. The normalized spacial score (nSPS) is 12.3. The first kappa shape index (κ1) is 14.8. The summed E-state index contributed by atoms with van der Waals surface area (Å²) in [5.74, 6) is 1.23. The molecule has 3 aromatic carbocycles. The number of hydrogen-bond acceptors (Lipinski definition) is 4. The molecular formula is C22H15NO3. The topological polar surface area (TPSA) is 62.6 Å². The molecule has 0 radical (unpaired) electrons. The van der Waals surface area contributed by atoms with Crippen LogP contribution in [0.4, 0.5) is 0 Å². The largest absolute Gasteiger partial charge is 0.508 e. The van der Waals surface area contributed by atoms with Crippen LogP contribution in [0.1, 0.15) is 5.56 Å². The number of rotatable bonds is 1. The molecule has 0 aliphatic carbocycles. The number of fused-ring (bicyclic) bond motifs is 4. The van der Waals surface area contributed by atoms with E-state index in [2.05, 4.69) is 11.1 Å². The van der Waals surface area contributed by atoms with Crippen molar-refractivity contribution >= 4 is 10.8 Å². The summed E-state index contributed by atoms with van der Waals surface area (Å²) in [7, 11) is 0. The molecule has 2 N–H and O–H groups in total. The molecular weight excluding hydrogens is 326 g/mol. The number of phenolic OH excluding ortho intramolecular Hbond substituents is 2. The van der Waals surface area contributed by atoms with E-state index in [4.69, 9.17) is 4.74 Å². The van der Waals surface area contributed by atoms with Gasteiger partial charge in [0.1, 0.15) is 23.9 Å². The van der Waals surface area contributed by atoms with Gasteiger partial charge in [-0.25, -0.2) is 0 Å². The van der Waals surface area contributed by atoms with Crippen molar-refractivity contribution in [2.24, 2.45) is 0 Å². The Labute approximate surface area is 150 Å². The Kier molecular flexibility index (Phi) is 3.12. The lowest BCUT2D eigenvalue weighted by molar-refractivity contribution is 0.303. The number of aromatic nitrogens is 1. The zero-order valence-corrected chi connectivity index (χ0v) is 13.8. The summed E-state index contributed by atoms with van der Waals surface area (Å²) in [6.07, 6.45) is 3.50. The maximum Gasteiger partial charge on any atom is 0.136 e. The molecule has 0 saturated heterocycles. The van der Waals surface area contributed by atoms with Crippen LogP contribution >= 0.6 is 0 Å². The second-order valence-corrected chi connectivity index (χ2v) is 6.40. The van der Waals surface area contributed by atoms with Gasteiger partial charge < -0.3 is 14.9 Å². The third kappa shape index (κ3) is 2.19. The van der Waals surface area contributed by atoms with Crippen LogP contribution in [-0.4, -0.2) is 15.2 Å². The molecule has 1 aliphatic heterocycles. The van der Waals surface area contributed by atoms with Crippen LogP contribution in [0.25, 0.3) is 33.0 Å². The Morgan fingerprint density at radius 2 is 1.58 bits per heavy atom. The lowest BCUT2D eigenvalue weighted by atomic mass is 9.89. The van der Waals surface area contributed by atoms with E-state index in [0.29, 0.717) is 6.61 Å². The van der Waals surface area contributed by atoms with Crippen LogP contribution < -0.4 is 4.74 Å². The van der Waals surface area contributed by atoms with E-state index < -0.39 is 0 Å². The second kappa shape index (κ2) is 5.49. The van der Waals surface area contributed by atoms with Crippen molar-refractivity contribution in [3.63, 3.8) is 0 Å². The average Bonchev–Trinajstić information content (AvgIpc) is 2.66. The molecule has 0 spiro atoms. The molecule has 0 atom stereocenters. The summed E-state index contributed by atoms with van der Waals surface area (Å²) in [6.45, 7) is 0.388. The Hall–Kier alpha value is -3.53. The van der Waals surface area contributed by atoms with Crippen LogP contribution in [-0.2, 0) is 6.61 Å². The molecule has 0 amide bonds. The van der Waals surface area contributed by atoms with Gasteiger partial charge in [0.2, 0.25) is 0 Å². The van der Waals surface area contributed by atoms with E-state index in [1.165, 1.54) is 0 Å². The van der Waals surface area contributed by atoms with Gasteiger partial charge in [-0.05, 0) is 64.4 Å². The van der Waals surface area contributed by atoms with E-state index in [1.54, 1.807) is 36.7 Å². The second-order valence-electron chi connectivity index (χ2n) is 6.40. The molecule has 0 saturated carbocycles. The number of phenols is 2. The molecule has 4 aromatic rings. The number of aromatic hydroxyl groups is 2. The van der Waals surface area contributed by atoms with Gasteiger partial charge in [0.05, 0.1) is 0 Å². The third-order valence-corrected chi connectivity index (χ3v) is 4.80. The quantitative estimate of drug-likeness (QED) is 0.518. The van der Waals surface area contributed by atoms with Crippen molar-refractivity contribution in [3.8, 4) is 39.5 Å². The number of pyridine rings is 1. The van der Waals surface area contributed by atoms with Gasteiger partial charge in [0.15, 0.2) is 0 Å². The molecule has 1 aromatic heterocycles. The first-order valence-electron chi connectivity index (χ1n) is 8.36. The molecule has 4 nitrogen and oxygen atoms in total. The van der Waals surface area contributed by atoms with Crippen molar-refractivity contribution in [3.05, 3.63) is 72.6 Å². The molecule has 0 bridgehead atoms. The first-order chi connectivity index (χ1) is 12.7. The molecule has 5 rings (SSSR count). The van der Waals surface area contributed by atoms with Crippen molar-refractivity contribution in [2.45, 2.75) is 6.61 Å². The summed E-state index contributed by atoms with van der Waals surface area (Å²) < 4.78 is 6.13. The van der Waals surface area contributed by atoms with Crippen LogP contribution in [0.5, 0.6) is 17.2 Å². The standard InChI is InChI=1S/C22H15NO3/c24-16-3-4-18-15(9-16)12-26-22-20(18)10-14-1-2-17(25)11-19(14)21(22)13-5-7-23-8-6-13/h1-11,24-25H,12H2. The number of ether oxygens (including phenoxy) is 1. The highest BCUT2D eigenvalue weighted by molar-refractivity contribution is 6.05. The Balaban J connectivity index is 1.90. The minimum Gasteiger partial charge on any atom is -0.508 e. The molecule has 126 valence electrons. The summed E-state index contributed by atoms with van der Waals surface area (Å²) >= 11 is 0. The monoisotopic (exact) mass is 341 g/mol. The highest BCUT2D eigenvalue weighted by atomic mass is 16.5. The van der Waals surface area contributed by atoms with Gasteiger partial charge in [-0.15, -0.1) is 0 Å². The summed E-state index contributed by atoms with van der Waals surface area (Å²) in [4.78, 5) is 4.11. The highest BCUT2D eigenvalue weighted by Gasteiger charge is 2.23. The van der Waals surface area contributed by atoms with Gasteiger partial charge in [0.25, 0.3) is 0 Å². The maximum absolute atomic E-state index is 10.0. The van der Waals surface area contributed by atoms with Crippen LogP contribution in [0.15, 0.2) is 67.0 Å². The summed E-state index contributed by atoms with van der Waals surface area (Å²) in [5, 5.41) is 21.7. The van der Waals surface area contributed by atoms with Crippen molar-refractivity contribution < 1.29 is 14.9 Å². The molecule has 0 unspecified atom stereocenters. The van der Waals surface area contributed by atoms with E-state index in [-0.39, 0.29) is 11.5 Å². The van der Waals surface area contributed by atoms with Crippen LogP contribution in [0.2, 0.25) is 0 Å². The fraction of sp³-hybridized carbons (Fsp3) is 0.0455. The first-order valence-corrected chi connectivity index (χ1v) is 8.36. The van der Waals surface area contributed by atoms with Crippen LogP contribution in [0, 0.1) is 0 Å². The molecule has 2 heterocycles. The van der Waals surface area contributed by atoms with E-state index >= 15 is 0 Å². The van der Waals surface area contributed by atoms with Gasteiger partial charge in [-0.2, -0.15) is 0 Å². The Morgan fingerprint density at radius 3 is 2.42 bits per heavy atom. The number of hydrogen-bond donors (Lipinski definition) is 2. The van der Waals surface area contributed by atoms with E-state index in [1.807, 2.05) is 24.3 Å². The van der Waals surface area contributed by atoms with Gasteiger partial charge >= 0.3 is 0 Å². The van der Waals surface area contributed by atoms with Crippen LogP contribution in [0.3, 0.4) is 0 Å². The minimum atomic E-state index is 0.217. The fourth-order valence-corrected chi connectivity index (χ4v) is 3.63. The zero-order chi connectivity index (χ0) is 17.7. The fourth-order valence-electron chi connectivity index (χ4n) is 3.63. The summed E-state index contributed by atoms with van der Waals surface area (Å²) in [5.41, 5.74) is 4.91. The molecule has 4 heteroatoms. The zero-order valence-electron chi connectivity index (χ0n) is 13.8. The lowest BCUT2D eigenvalue weighted by Crippen LogP contribution is -2.07. The summed E-state index contributed by atoms with van der Waals surface area (Å²) in [6, 6.07) is 16.7. The lowest BCUT2D eigenvalue weighted by Gasteiger charge is -2.25. The van der Waals surface area contributed by atoms with Gasteiger partial charge in [-0.3, -0.25) is 4.98 Å². The predicted molar refractivity (Wildman–Crippen MR) is 100 cm³/mol. The predicted octanol–water partition coefficient (Wildman–Crippen LogP) is 4.87. The van der Waals surface area contributed by atoms with E-state index in [0.717, 1.165) is 44.3 Å². The van der Waals surface area contributed by atoms with E-state index in [9.17, 15) is 10.2 Å². The maximum atomic E-state index is 10.0. The van der Waals surface area contributed by atoms with Gasteiger partial charge in [-0.1, -0.05) is 12.1 Å². The third-order valence-electron chi connectivity index (χ3n) is 4.80. The molecule has 1 aliphatic rings. The SMILES string of the molecule is Oc1ccc2c(c1)COc1c-2cc2ccc(O)cc2c1-c1ccncc1. The van der Waals surface area contributed by atoms with Gasteiger partial charge in [0, 0.05) is 29.1 Å². The Bertz CT molecular complexity index is 1150. The van der Waals surface area contributed by atoms with Crippen molar-refractivity contribution in [1.29, 1.82) is 0 Å². The molecule has 26 heavy (non-hydrogen) atoms. The number of benzene rings is 3. The molecule has 0 fully saturated rings. The Morgan fingerprint density at radius 1 is 0.808 bits per heavy atom. The smallest absolute Gasteiger partial charge is 0.136 e. The minimum absolute atomic E-state index is 0.217.